The second-order valence-electron chi connectivity index (χ2n) is 11.8. The van der Waals surface area contributed by atoms with Gasteiger partial charge < -0.3 is 10.2 Å². The number of nitrogens with one attached hydrogen (secondary N) is 1. The normalized spacial score (nSPS) is 12.3. The lowest BCUT2D eigenvalue weighted by Crippen LogP contribution is -2.56. The summed E-state index contributed by atoms with van der Waals surface area (Å²) < 4.78 is 29.2. The zero-order chi connectivity index (χ0) is 32.8. The van der Waals surface area contributed by atoms with Crippen LogP contribution in [0.2, 0.25) is 10.0 Å². The second-order valence-corrected chi connectivity index (χ2v) is 14.6. The van der Waals surface area contributed by atoms with Crippen LogP contribution in [0.25, 0.3) is 0 Å². The number of aryl methyl sites for hydroxylation is 1. The summed E-state index contributed by atoms with van der Waals surface area (Å²) in [6.45, 7) is 7.06. The molecule has 45 heavy (non-hydrogen) atoms. The van der Waals surface area contributed by atoms with E-state index in [9.17, 15) is 18.0 Å². The molecule has 1 N–H and O–H groups in total. The minimum Gasteiger partial charge on any atom is -0.350 e. The number of hydrogen-bond donors (Lipinski definition) is 1. The van der Waals surface area contributed by atoms with E-state index in [2.05, 4.69) is 5.32 Å². The molecule has 0 fully saturated rings. The lowest BCUT2D eigenvalue weighted by Gasteiger charge is -2.35. The highest BCUT2D eigenvalue weighted by Gasteiger charge is 2.35. The van der Waals surface area contributed by atoms with Crippen molar-refractivity contribution in [3.63, 3.8) is 0 Å². The van der Waals surface area contributed by atoms with Crippen molar-refractivity contribution in [2.24, 2.45) is 0 Å². The first kappa shape index (κ1) is 34.0. The highest BCUT2D eigenvalue weighted by atomic mass is 35.5. The van der Waals surface area contributed by atoms with E-state index in [1.165, 1.54) is 35.2 Å². The van der Waals surface area contributed by atoms with Crippen molar-refractivity contribution in [2.45, 2.75) is 57.1 Å². The van der Waals surface area contributed by atoms with Crippen LogP contribution in [-0.2, 0) is 32.6 Å². The predicted molar refractivity (Wildman–Crippen MR) is 181 cm³/mol. The molecule has 0 unspecified atom stereocenters. The maximum absolute atomic E-state index is 14.5. The van der Waals surface area contributed by atoms with Gasteiger partial charge in [0.25, 0.3) is 10.0 Å². The van der Waals surface area contributed by atoms with Crippen molar-refractivity contribution < 1.29 is 18.0 Å². The summed E-state index contributed by atoms with van der Waals surface area (Å²) in [6, 6.07) is 28.1. The quantitative estimate of drug-likeness (QED) is 0.186. The molecule has 0 spiro atoms. The number of benzene rings is 4. The monoisotopic (exact) mass is 665 g/mol. The molecule has 0 heterocycles. The molecule has 7 nitrogen and oxygen atoms in total. The fourth-order valence-corrected chi connectivity index (χ4v) is 6.59. The van der Waals surface area contributed by atoms with Crippen molar-refractivity contribution in [2.75, 3.05) is 10.8 Å². The standard InChI is InChI=1S/C35H37Cl2N3O4S/c1-25-11-8-9-14-27(25)23-39(32(34(42)38-35(2,3)4)21-26-12-6-5-7-13-26)33(41)24-40(30-16-10-15-29(37)22-30)45(43,44)31-19-17-28(36)18-20-31/h5-20,22,32H,21,23-24H2,1-4H3,(H,38,42)/t32-/m0/s1. The van der Waals surface area contributed by atoms with Crippen LogP contribution < -0.4 is 9.62 Å². The molecule has 0 radical (unpaired) electrons. The third-order valence-corrected chi connectivity index (χ3v) is 9.42. The first-order chi connectivity index (χ1) is 21.2. The topological polar surface area (TPSA) is 86.8 Å². The summed E-state index contributed by atoms with van der Waals surface area (Å²) in [5, 5.41) is 3.71. The molecule has 0 saturated heterocycles. The molecule has 0 aromatic heterocycles. The smallest absolute Gasteiger partial charge is 0.264 e. The van der Waals surface area contributed by atoms with Gasteiger partial charge in [-0.1, -0.05) is 83.9 Å². The fourth-order valence-electron chi connectivity index (χ4n) is 4.87. The van der Waals surface area contributed by atoms with E-state index >= 15 is 0 Å². The Hall–Kier alpha value is -3.85. The van der Waals surface area contributed by atoms with Crippen molar-refractivity contribution in [3.05, 3.63) is 130 Å². The molecule has 10 heteroatoms. The lowest BCUT2D eigenvalue weighted by atomic mass is 10.00. The molecule has 2 amide bonds. The summed E-state index contributed by atoms with van der Waals surface area (Å²) in [5.74, 6) is -0.899. The number of sulfonamides is 1. The molecule has 0 aliphatic carbocycles. The van der Waals surface area contributed by atoms with Crippen molar-refractivity contribution in [3.8, 4) is 0 Å². The van der Waals surface area contributed by atoms with E-state index in [1.54, 1.807) is 18.2 Å². The van der Waals surface area contributed by atoms with Gasteiger partial charge in [-0.15, -0.1) is 0 Å². The Labute approximate surface area is 275 Å². The molecular weight excluding hydrogens is 629 g/mol. The average Bonchev–Trinajstić information content (AvgIpc) is 2.98. The SMILES string of the molecule is Cc1ccccc1CN(C(=O)CN(c1cccc(Cl)c1)S(=O)(=O)c1ccc(Cl)cc1)[C@@H](Cc1ccccc1)C(=O)NC(C)(C)C. The van der Waals surface area contributed by atoms with E-state index < -0.39 is 34.1 Å². The Morgan fingerprint density at radius 3 is 2.09 bits per heavy atom. The van der Waals surface area contributed by atoms with Crippen molar-refractivity contribution in [1.29, 1.82) is 0 Å². The lowest BCUT2D eigenvalue weighted by molar-refractivity contribution is -0.140. The molecule has 0 bridgehead atoms. The third kappa shape index (κ3) is 9.10. The largest absolute Gasteiger partial charge is 0.350 e. The predicted octanol–water partition coefficient (Wildman–Crippen LogP) is 7.05. The van der Waals surface area contributed by atoms with Gasteiger partial charge in [-0.05, 0) is 86.8 Å². The highest BCUT2D eigenvalue weighted by Crippen LogP contribution is 2.28. The second kappa shape index (κ2) is 14.5. The molecular formula is C35H37Cl2N3O4S. The van der Waals surface area contributed by atoms with Crippen LogP contribution in [0.15, 0.2) is 108 Å². The zero-order valence-electron chi connectivity index (χ0n) is 25.7. The third-order valence-electron chi connectivity index (χ3n) is 7.15. The maximum Gasteiger partial charge on any atom is 0.264 e. The van der Waals surface area contributed by atoms with Gasteiger partial charge in [-0.3, -0.25) is 13.9 Å². The number of carbonyl (C=O) groups is 2. The number of halogens is 2. The number of hydrogen-bond acceptors (Lipinski definition) is 4. The van der Waals surface area contributed by atoms with Crippen LogP contribution in [0.5, 0.6) is 0 Å². The Bertz CT molecular complexity index is 1740. The Balaban J connectivity index is 1.83. The Kier molecular flexibility index (Phi) is 11.0. The molecule has 4 aromatic rings. The number of amides is 2. The van der Waals surface area contributed by atoms with Gasteiger partial charge in [0.05, 0.1) is 10.6 Å². The van der Waals surface area contributed by atoms with E-state index in [0.717, 1.165) is 21.0 Å². The van der Waals surface area contributed by atoms with Gasteiger partial charge in [0.1, 0.15) is 12.6 Å². The summed E-state index contributed by atoms with van der Waals surface area (Å²) in [6.07, 6.45) is 0.224. The van der Waals surface area contributed by atoms with E-state index in [1.807, 2.05) is 82.3 Å². The molecule has 0 saturated carbocycles. The number of anilines is 1. The van der Waals surface area contributed by atoms with Gasteiger partial charge in [0.2, 0.25) is 11.8 Å². The van der Waals surface area contributed by atoms with Crippen molar-refractivity contribution in [1.82, 2.24) is 10.2 Å². The number of rotatable bonds is 11. The van der Waals surface area contributed by atoms with Crippen LogP contribution in [0.3, 0.4) is 0 Å². The molecule has 1 atom stereocenters. The molecule has 236 valence electrons. The average molecular weight is 667 g/mol. The molecule has 4 aromatic carbocycles. The number of nitrogens with zero attached hydrogens (tertiary/aromatic N) is 2. The fraction of sp³-hybridized carbons (Fsp3) is 0.257. The van der Waals surface area contributed by atoms with Crippen LogP contribution in [0, 0.1) is 6.92 Å². The summed E-state index contributed by atoms with van der Waals surface area (Å²) in [5.41, 5.74) is 2.26. The van der Waals surface area contributed by atoms with Crippen LogP contribution in [0.4, 0.5) is 5.69 Å². The Morgan fingerprint density at radius 1 is 0.822 bits per heavy atom. The van der Waals surface area contributed by atoms with Crippen LogP contribution in [0.1, 0.15) is 37.5 Å². The van der Waals surface area contributed by atoms with Gasteiger partial charge in [0, 0.05) is 28.5 Å². The van der Waals surface area contributed by atoms with Gasteiger partial charge in [-0.2, -0.15) is 0 Å². The zero-order valence-corrected chi connectivity index (χ0v) is 28.0. The first-order valence-electron chi connectivity index (χ1n) is 14.5. The minimum atomic E-state index is -4.26. The summed E-state index contributed by atoms with van der Waals surface area (Å²) in [7, 11) is -4.26. The van der Waals surface area contributed by atoms with E-state index in [0.29, 0.717) is 10.0 Å². The minimum absolute atomic E-state index is 0.0450. The molecule has 4 rings (SSSR count). The maximum atomic E-state index is 14.5. The van der Waals surface area contributed by atoms with Gasteiger partial charge >= 0.3 is 0 Å². The van der Waals surface area contributed by atoms with Gasteiger partial charge in [-0.25, -0.2) is 8.42 Å². The summed E-state index contributed by atoms with van der Waals surface area (Å²) in [4.78, 5) is 29.9. The van der Waals surface area contributed by atoms with Crippen molar-refractivity contribution >= 4 is 50.7 Å². The first-order valence-corrected chi connectivity index (χ1v) is 16.7. The number of carbonyl (C=O) groups excluding carboxylic acids is 2. The van der Waals surface area contributed by atoms with Crippen LogP contribution >= 0.6 is 23.2 Å². The molecule has 0 aliphatic rings. The highest BCUT2D eigenvalue weighted by molar-refractivity contribution is 7.92. The van der Waals surface area contributed by atoms with Gasteiger partial charge in [0.15, 0.2) is 0 Å². The van der Waals surface area contributed by atoms with Crippen LogP contribution in [-0.4, -0.2) is 43.3 Å². The molecule has 0 aliphatic heterocycles. The Morgan fingerprint density at radius 2 is 1.47 bits per heavy atom. The van der Waals surface area contributed by atoms with E-state index in [4.69, 9.17) is 23.2 Å². The van der Waals surface area contributed by atoms with E-state index in [-0.39, 0.29) is 29.5 Å². The summed E-state index contributed by atoms with van der Waals surface area (Å²) >= 11 is 12.3.